The molecule has 1 N–H and O–H groups in total. The van der Waals surface area contributed by atoms with E-state index in [9.17, 15) is 9.59 Å². The van der Waals surface area contributed by atoms with Crippen molar-refractivity contribution in [3.63, 3.8) is 0 Å². The van der Waals surface area contributed by atoms with E-state index >= 15 is 0 Å². The van der Waals surface area contributed by atoms with Gasteiger partial charge in [0.05, 0.1) is 12.1 Å². The van der Waals surface area contributed by atoms with Crippen molar-refractivity contribution in [3.05, 3.63) is 48.5 Å². The molecule has 3 heterocycles. The number of nitrogens with zero attached hydrogens (tertiary/aromatic N) is 4. The van der Waals surface area contributed by atoms with E-state index in [1.165, 1.54) is 6.33 Å². The highest BCUT2D eigenvalue weighted by atomic mass is 16.5. The summed E-state index contributed by atoms with van der Waals surface area (Å²) in [6, 6.07) is 9.87. The van der Waals surface area contributed by atoms with Gasteiger partial charge in [-0.1, -0.05) is 30.3 Å². The number of hydrogen-bond donors (Lipinski definition) is 1. The fraction of sp³-hybridized carbons (Fsp3) is 0.444. The van der Waals surface area contributed by atoms with Crippen LogP contribution in [-0.2, 0) is 26.4 Å². The van der Waals surface area contributed by atoms with Crippen molar-refractivity contribution in [2.24, 2.45) is 0 Å². The number of ether oxygens (including phenoxy) is 1. The average Bonchev–Trinajstić information content (AvgIpc) is 3.20. The Morgan fingerprint density at radius 3 is 2.96 bits per heavy atom. The van der Waals surface area contributed by atoms with Gasteiger partial charge in [-0.15, -0.1) is 0 Å². The maximum atomic E-state index is 12.6. The molecule has 8 nitrogen and oxygen atoms in total. The first-order valence-corrected chi connectivity index (χ1v) is 8.76. The molecule has 0 saturated carbocycles. The molecule has 2 atom stereocenters. The van der Waals surface area contributed by atoms with Gasteiger partial charge in [0.25, 0.3) is 0 Å². The van der Waals surface area contributed by atoms with Crippen LogP contribution in [0.5, 0.6) is 0 Å². The van der Waals surface area contributed by atoms with Gasteiger partial charge < -0.3 is 15.0 Å². The summed E-state index contributed by atoms with van der Waals surface area (Å²) in [5, 5.41) is 7.16. The summed E-state index contributed by atoms with van der Waals surface area (Å²) in [6.45, 7) is 1.57. The first-order chi connectivity index (χ1) is 12.7. The van der Waals surface area contributed by atoms with E-state index in [1.807, 2.05) is 35.2 Å². The fourth-order valence-electron chi connectivity index (χ4n) is 3.80. The quantitative estimate of drug-likeness (QED) is 0.853. The first-order valence-electron chi connectivity index (χ1n) is 8.76. The third-order valence-corrected chi connectivity index (χ3v) is 5.15. The largest absolute Gasteiger partial charge is 0.364 e. The average molecular weight is 355 g/mol. The molecule has 136 valence electrons. The van der Waals surface area contributed by atoms with Gasteiger partial charge >= 0.3 is 0 Å². The molecule has 1 aromatic heterocycles. The molecule has 0 radical (unpaired) electrons. The van der Waals surface area contributed by atoms with Crippen LogP contribution < -0.4 is 5.32 Å². The second kappa shape index (κ2) is 6.87. The molecule has 2 aromatic rings. The van der Waals surface area contributed by atoms with Crippen LogP contribution in [0.4, 0.5) is 0 Å². The molecular weight excluding hydrogens is 334 g/mol. The number of benzene rings is 1. The van der Waals surface area contributed by atoms with Crippen molar-refractivity contribution in [3.8, 4) is 0 Å². The Morgan fingerprint density at radius 1 is 1.35 bits per heavy atom. The summed E-state index contributed by atoms with van der Waals surface area (Å²) < 4.78 is 7.50. The fourth-order valence-corrected chi connectivity index (χ4v) is 3.80. The van der Waals surface area contributed by atoms with Crippen molar-refractivity contribution in [2.75, 3.05) is 19.7 Å². The van der Waals surface area contributed by atoms with Crippen LogP contribution in [0.15, 0.2) is 43.0 Å². The zero-order chi connectivity index (χ0) is 18.0. The number of piperidine rings is 1. The smallest absolute Gasteiger partial charge is 0.246 e. The maximum absolute atomic E-state index is 12.6. The van der Waals surface area contributed by atoms with E-state index in [2.05, 4.69) is 15.4 Å². The minimum absolute atomic E-state index is 0.0280. The summed E-state index contributed by atoms with van der Waals surface area (Å²) in [5.41, 5.74) is 0.451. The SMILES string of the molecule is O=C1CO[C@@H]2CN(C(=O)CCn3cncn3)CC[C@@]2(c2ccccc2)N1. The van der Waals surface area contributed by atoms with E-state index in [-0.39, 0.29) is 24.5 Å². The van der Waals surface area contributed by atoms with Crippen LogP contribution in [0.25, 0.3) is 0 Å². The predicted molar refractivity (Wildman–Crippen MR) is 91.8 cm³/mol. The Balaban J connectivity index is 1.48. The lowest BCUT2D eigenvalue weighted by atomic mass is 9.77. The molecule has 2 aliphatic rings. The van der Waals surface area contributed by atoms with Gasteiger partial charge in [-0.3, -0.25) is 14.3 Å². The number of hydrogen-bond acceptors (Lipinski definition) is 5. The molecule has 1 aromatic carbocycles. The highest BCUT2D eigenvalue weighted by Gasteiger charge is 2.49. The van der Waals surface area contributed by atoms with E-state index in [4.69, 9.17) is 4.74 Å². The second-order valence-corrected chi connectivity index (χ2v) is 6.68. The number of aryl methyl sites for hydroxylation is 1. The molecule has 2 aliphatic heterocycles. The van der Waals surface area contributed by atoms with E-state index in [0.29, 0.717) is 32.5 Å². The Morgan fingerprint density at radius 2 is 2.19 bits per heavy atom. The number of amides is 2. The normalized spacial score (nSPS) is 25.5. The molecular formula is C18H21N5O3. The van der Waals surface area contributed by atoms with Crippen LogP contribution >= 0.6 is 0 Å². The van der Waals surface area contributed by atoms with Crippen molar-refractivity contribution < 1.29 is 14.3 Å². The molecule has 0 spiro atoms. The third kappa shape index (κ3) is 3.08. The number of fused-ring (bicyclic) bond motifs is 1. The number of aromatic nitrogens is 3. The lowest BCUT2D eigenvalue weighted by molar-refractivity contribution is -0.157. The highest BCUT2D eigenvalue weighted by molar-refractivity contribution is 5.80. The van der Waals surface area contributed by atoms with Crippen molar-refractivity contribution in [2.45, 2.75) is 31.0 Å². The monoisotopic (exact) mass is 355 g/mol. The van der Waals surface area contributed by atoms with Gasteiger partial charge in [0.1, 0.15) is 25.4 Å². The third-order valence-electron chi connectivity index (χ3n) is 5.15. The van der Waals surface area contributed by atoms with Gasteiger partial charge in [0.2, 0.25) is 11.8 Å². The highest BCUT2D eigenvalue weighted by Crippen LogP contribution is 2.37. The molecule has 26 heavy (non-hydrogen) atoms. The molecule has 0 aliphatic carbocycles. The number of carbonyl (C=O) groups excluding carboxylic acids is 2. The number of likely N-dealkylation sites (tertiary alicyclic amines) is 1. The molecule has 0 bridgehead atoms. The van der Waals surface area contributed by atoms with Gasteiger partial charge in [-0.2, -0.15) is 5.10 Å². The zero-order valence-corrected chi connectivity index (χ0v) is 14.4. The minimum atomic E-state index is -0.570. The van der Waals surface area contributed by atoms with Gasteiger partial charge in [-0.05, 0) is 12.0 Å². The van der Waals surface area contributed by atoms with Crippen LogP contribution in [-0.4, -0.2) is 57.3 Å². The van der Waals surface area contributed by atoms with Crippen molar-refractivity contribution in [1.82, 2.24) is 25.0 Å². The molecule has 2 amide bonds. The lowest BCUT2D eigenvalue weighted by Gasteiger charge is -2.50. The number of rotatable bonds is 4. The van der Waals surface area contributed by atoms with E-state index < -0.39 is 5.54 Å². The second-order valence-electron chi connectivity index (χ2n) is 6.68. The summed E-state index contributed by atoms with van der Waals surface area (Å²) in [5.74, 6) is -0.0567. The standard InChI is InChI=1S/C18H21N5O3/c24-16-11-26-15-10-22(17(25)6-8-23-13-19-12-20-23)9-7-18(15,21-16)14-4-2-1-3-5-14/h1-5,12-13,15H,6-11H2,(H,21,24)/t15-,18+/m1/s1. The van der Waals surface area contributed by atoms with Gasteiger partial charge in [0, 0.05) is 19.5 Å². The number of nitrogens with one attached hydrogen (secondary N) is 1. The van der Waals surface area contributed by atoms with E-state index in [1.54, 1.807) is 11.0 Å². The molecule has 8 heteroatoms. The number of carbonyl (C=O) groups is 2. The maximum Gasteiger partial charge on any atom is 0.246 e. The Bertz CT molecular complexity index is 779. The van der Waals surface area contributed by atoms with Gasteiger partial charge in [-0.25, -0.2) is 4.98 Å². The van der Waals surface area contributed by atoms with Crippen molar-refractivity contribution in [1.29, 1.82) is 0 Å². The summed E-state index contributed by atoms with van der Waals surface area (Å²) in [7, 11) is 0. The van der Waals surface area contributed by atoms with E-state index in [0.717, 1.165) is 5.56 Å². The molecule has 2 saturated heterocycles. The van der Waals surface area contributed by atoms with Gasteiger partial charge in [0.15, 0.2) is 0 Å². The van der Waals surface area contributed by atoms with Crippen LogP contribution in [0, 0.1) is 0 Å². The zero-order valence-electron chi connectivity index (χ0n) is 14.4. The van der Waals surface area contributed by atoms with Crippen LogP contribution in [0.1, 0.15) is 18.4 Å². The Kier molecular flexibility index (Phi) is 4.42. The van der Waals surface area contributed by atoms with Crippen LogP contribution in [0.2, 0.25) is 0 Å². The molecule has 2 fully saturated rings. The first kappa shape index (κ1) is 16.7. The summed E-state index contributed by atoms with van der Waals surface area (Å²) in [4.78, 5) is 30.3. The van der Waals surface area contributed by atoms with Crippen molar-refractivity contribution >= 4 is 11.8 Å². The molecule has 0 unspecified atom stereocenters. The van der Waals surface area contributed by atoms with Crippen LogP contribution in [0.3, 0.4) is 0 Å². The topological polar surface area (TPSA) is 89.4 Å². The minimum Gasteiger partial charge on any atom is -0.364 e. The Labute approximate surface area is 151 Å². The lowest BCUT2D eigenvalue weighted by Crippen LogP contribution is -2.67. The number of morpholine rings is 1. The molecule has 4 rings (SSSR count). The summed E-state index contributed by atoms with van der Waals surface area (Å²) in [6.07, 6.45) is 3.79. The predicted octanol–water partition coefficient (Wildman–Crippen LogP) is 0.311. The Hall–Kier alpha value is -2.74. The summed E-state index contributed by atoms with van der Waals surface area (Å²) >= 11 is 0.